The van der Waals surface area contributed by atoms with E-state index in [2.05, 4.69) is 49.0 Å². The third kappa shape index (κ3) is 4.06. The maximum absolute atomic E-state index is 5.68. The lowest BCUT2D eigenvalue weighted by molar-refractivity contribution is 0.0871. The first-order valence-corrected chi connectivity index (χ1v) is 7.27. The predicted octanol–water partition coefficient (Wildman–Crippen LogP) is 1.91. The fraction of sp³-hybridized carbons (Fsp3) is 0.733. The van der Waals surface area contributed by atoms with Crippen molar-refractivity contribution < 1.29 is 4.42 Å². The van der Waals surface area contributed by atoms with Gasteiger partial charge in [-0.15, -0.1) is 0 Å². The number of rotatable bonds is 5. The quantitative estimate of drug-likeness (QED) is 0.881. The van der Waals surface area contributed by atoms with Crippen molar-refractivity contribution in [1.29, 1.82) is 0 Å². The van der Waals surface area contributed by atoms with E-state index in [9.17, 15) is 0 Å². The molecule has 0 spiro atoms. The van der Waals surface area contributed by atoms with Crippen molar-refractivity contribution in [2.45, 2.75) is 45.9 Å². The smallest absolute Gasteiger partial charge is 0.122 e. The van der Waals surface area contributed by atoms with E-state index in [1.165, 1.54) is 5.56 Å². The highest BCUT2D eigenvalue weighted by Gasteiger charge is 2.23. The molecule has 0 saturated carbocycles. The number of likely N-dealkylation sites (N-methyl/N-ethyl adjacent to an activating group) is 1. The SMILES string of the molecule is CC(C)NCc1ccoc1CN1CCN(C)CC1C. The molecule has 0 radical (unpaired) electrons. The Balaban J connectivity index is 1.93. The molecule has 1 atom stereocenters. The largest absolute Gasteiger partial charge is 0.468 e. The number of furan rings is 1. The molecule has 1 saturated heterocycles. The van der Waals surface area contributed by atoms with Gasteiger partial charge in [0.05, 0.1) is 12.8 Å². The standard InChI is InChI=1S/C15H27N3O/c1-12(2)16-9-14-5-8-19-15(14)11-18-7-6-17(4)10-13(18)3/h5,8,12-13,16H,6-7,9-11H2,1-4H3. The average molecular weight is 265 g/mol. The summed E-state index contributed by atoms with van der Waals surface area (Å²) < 4.78 is 5.68. The first-order valence-electron chi connectivity index (χ1n) is 7.27. The summed E-state index contributed by atoms with van der Waals surface area (Å²) in [5.41, 5.74) is 1.29. The van der Waals surface area contributed by atoms with E-state index in [0.29, 0.717) is 12.1 Å². The van der Waals surface area contributed by atoms with Crippen LogP contribution in [0.2, 0.25) is 0 Å². The van der Waals surface area contributed by atoms with Crippen LogP contribution in [0.5, 0.6) is 0 Å². The van der Waals surface area contributed by atoms with Gasteiger partial charge in [-0.05, 0) is 20.0 Å². The number of nitrogens with zero attached hydrogens (tertiary/aromatic N) is 2. The van der Waals surface area contributed by atoms with E-state index in [1.807, 2.05) is 6.26 Å². The summed E-state index contributed by atoms with van der Waals surface area (Å²) in [7, 11) is 2.19. The average Bonchev–Trinajstić information content (AvgIpc) is 2.77. The summed E-state index contributed by atoms with van der Waals surface area (Å²) in [4.78, 5) is 4.91. The van der Waals surface area contributed by atoms with E-state index in [1.54, 1.807) is 0 Å². The van der Waals surface area contributed by atoms with Crippen molar-refractivity contribution in [3.05, 3.63) is 23.7 Å². The van der Waals surface area contributed by atoms with Crippen LogP contribution in [-0.2, 0) is 13.1 Å². The van der Waals surface area contributed by atoms with Crippen LogP contribution in [0.15, 0.2) is 16.7 Å². The third-order valence-corrected chi connectivity index (χ3v) is 3.85. The van der Waals surface area contributed by atoms with Crippen molar-refractivity contribution in [3.63, 3.8) is 0 Å². The molecule has 0 aromatic carbocycles. The molecule has 1 aliphatic heterocycles. The lowest BCUT2D eigenvalue weighted by atomic mass is 10.1. The fourth-order valence-corrected chi connectivity index (χ4v) is 2.57. The highest BCUT2D eigenvalue weighted by Crippen LogP contribution is 2.17. The summed E-state index contributed by atoms with van der Waals surface area (Å²) in [6, 6.07) is 3.19. The highest BCUT2D eigenvalue weighted by atomic mass is 16.3. The first kappa shape index (κ1) is 14.6. The van der Waals surface area contributed by atoms with Gasteiger partial charge in [0.1, 0.15) is 5.76 Å². The maximum Gasteiger partial charge on any atom is 0.122 e. The minimum absolute atomic E-state index is 0.505. The number of piperazine rings is 1. The molecule has 1 aromatic rings. The molecule has 0 amide bonds. The molecule has 2 heterocycles. The van der Waals surface area contributed by atoms with Crippen molar-refractivity contribution >= 4 is 0 Å². The molecule has 19 heavy (non-hydrogen) atoms. The lowest BCUT2D eigenvalue weighted by Crippen LogP contribution is -2.49. The van der Waals surface area contributed by atoms with E-state index in [0.717, 1.165) is 38.5 Å². The Morgan fingerprint density at radius 1 is 1.42 bits per heavy atom. The monoisotopic (exact) mass is 265 g/mol. The lowest BCUT2D eigenvalue weighted by Gasteiger charge is -2.37. The fourth-order valence-electron chi connectivity index (χ4n) is 2.57. The zero-order valence-electron chi connectivity index (χ0n) is 12.6. The van der Waals surface area contributed by atoms with Crippen molar-refractivity contribution in [1.82, 2.24) is 15.1 Å². The molecular formula is C15H27N3O. The van der Waals surface area contributed by atoms with E-state index in [4.69, 9.17) is 4.42 Å². The van der Waals surface area contributed by atoms with Gasteiger partial charge in [-0.25, -0.2) is 0 Å². The molecule has 0 aliphatic carbocycles. The van der Waals surface area contributed by atoms with Crippen LogP contribution in [0.25, 0.3) is 0 Å². The highest BCUT2D eigenvalue weighted by molar-refractivity contribution is 5.17. The molecule has 108 valence electrons. The molecule has 1 N–H and O–H groups in total. The topological polar surface area (TPSA) is 31.7 Å². The molecule has 1 unspecified atom stereocenters. The van der Waals surface area contributed by atoms with Gasteiger partial charge in [0.25, 0.3) is 0 Å². The van der Waals surface area contributed by atoms with E-state index < -0.39 is 0 Å². The molecular weight excluding hydrogens is 238 g/mol. The van der Waals surface area contributed by atoms with Crippen molar-refractivity contribution in [2.24, 2.45) is 0 Å². The van der Waals surface area contributed by atoms with Crippen LogP contribution in [-0.4, -0.2) is 48.6 Å². The van der Waals surface area contributed by atoms with Crippen LogP contribution in [0.4, 0.5) is 0 Å². The van der Waals surface area contributed by atoms with Gasteiger partial charge >= 0.3 is 0 Å². The zero-order valence-corrected chi connectivity index (χ0v) is 12.6. The maximum atomic E-state index is 5.68. The summed E-state index contributed by atoms with van der Waals surface area (Å²) in [6.45, 7) is 11.9. The zero-order chi connectivity index (χ0) is 13.8. The van der Waals surface area contributed by atoms with Crippen LogP contribution >= 0.6 is 0 Å². The minimum atomic E-state index is 0.505. The molecule has 4 nitrogen and oxygen atoms in total. The summed E-state index contributed by atoms with van der Waals surface area (Å²) in [5.74, 6) is 1.12. The Bertz CT molecular complexity index is 388. The van der Waals surface area contributed by atoms with Gasteiger partial charge in [-0.3, -0.25) is 4.90 Å². The number of nitrogens with one attached hydrogen (secondary N) is 1. The van der Waals surface area contributed by atoms with Gasteiger partial charge < -0.3 is 14.6 Å². The van der Waals surface area contributed by atoms with Crippen LogP contribution in [0, 0.1) is 0 Å². The third-order valence-electron chi connectivity index (χ3n) is 3.85. The number of hydrogen-bond donors (Lipinski definition) is 1. The predicted molar refractivity (Wildman–Crippen MR) is 78.1 cm³/mol. The van der Waals surface area contributed by atoms with Crippen LogP contribution in [0.1, 0.15) is 32.1 Å². The van der Waals surface area contributed by atoms with E-state index in [-0.39, 0.29) is 0 Å². The van der Waals surface area contributed by atoms with Crippen LogP contribution in [0.3, 0.4) is 0 Å². The molecule has 1 aliphatic rings. The van der Waals surface area contributed by atoms with Gasteiger partial charge in [0.15, 0.2) is 0 Å². The Morgan fingerprint density at radius 2 is 2.21 bits per heavy atom. The Morgan fingerprint density at radius 3 is 2.89 bits per heavy atom. The summed E-state index contributed by atoms with van der Waals surface area (Å²) in [6.07, 6.45) is 1.81. The van der Waals surface area contributed by atoms with Gasteiger partial charge in [0.2, 0.25) is 0 Å². The molecule has 2 rings (SSSR count). The normalized spacial score (nSPS) is 22.3. The molecule has 0 bridgehead atoms. The van der Waals surface area contributed by atoms with Gasteiger partial charge in [0, 0.05) is 43.8 Å². The van der Waals surface area contributed by atoms with Gasteiger partial charge in [-0.2, -0.15) is 0 Å². The first-order chi connectivity index (χ1) is 9.06. The molecule has 1 fully saturated rings. The Labute approximate surface area is 116 Å². The summed E-state index contributed by atoms with van der Waals surface area (Å²) in [5, 5.41) is 3.46. The van der Waals surface area contributed by atoms with Crippen LogP contribution < -0.4 is 5.32 Å². The minimum Gasteiger partial charge on any atom is -0.468 e. The Kier molecular flexibility index (Phi) is 5.02. The second-order valence-corrected chi connectivity index (χ2v) is 5.99. The molecule has 1 aromatic heterocycles. The van der Waals surface area contributed by atoms with Crippen molar-refractivity contribution in [2.75, 3.05) is 26.7 Å². The second-order valence-electron chi connectivity index (χ2n) is 5.99. The summed E-state index contributed by atoms with van der Waals surface area (Å²) >= 11 is 0. The Hall–Kier alpha value is -0.840. The molecule has 4 heteroatoms. The van der Waals surface area contributed by atoms with Gasteiger partial charge in [-0.1, -0.05) is 13.8 Å². The van der Waals surface area contributed by atoms with E-state index >= 15 is 0 Å². The van der Waals surface area contributed by atoms with Crippen molar-refractivity contribution in [3.8, 4) is 0 Å². The second kappa shape index (κ2) is 6.55. The number of hydrogen-bond acceptors (Lipinski definition) is 4.